The number of para-hydroxylation sites is 1. The number of nitrogens with two attached hydrogens (primary N) is 1. The van der Waals surface area contributed by atoms with Crippen molar-refractivity contribution in [1.29, 1.82) is 0 Å². The van der Waals surface area contributed by atoms with Crippen LogP contribution in [0.15, 0.2) is 41.7 Å². The first-order valence-electron chi connectivity index (χ1n) is 6.65. The van der Waals surface area contributed by atoms with Gasteiger partial charge in [-0.3, -0.25) is 4.57 Å². The van der Waals surface area contributed by atoms with Crippen molar-refractivity contribution in [2.75, 3.05) is 6.54 Å². The molecule has 0 fully saturated rings. The van der Waals surface area contributed by atoms with Gasteiger partial charge >= 0.3 is 0 Å². The summed E-state index contributed by atoms with van der Waals surface area (Å²) in [5.74, 6) is 1.71. The third kappa shape index (κ3) is 3.81. The Morgan fingerprint density at radius 2 is 2.10 bits per heavy atom. The van der Waals surface area contributed by atoms with E-state index in [0.29, 0.717) is 18.4 Å². The molecule has 0 spiro atoms. The molecule has 0 atom stereocenters. The fourth-order valence-corrected chi connectivity index (χ4v) is 1.69. The molecule has 106 valence electrons. The number of benzene rings is 1. The van der Waals surface area contributed by atoms with E-state index >= 15 is 0 Å². The second-order valence-electron chi connectivity index (χ2n) is 4.93. The minimum atomic E-state index is 0.395. The van der Waals surface area contributed by atoms with Crippen molar-refractivity contribution in [3.63, 3.8) is 0 Å². The van der Waals surface area contributed by atoms with Gasteiger partial charge in [0.25, 0.3) is 0 Å². The van der Waals surface area contributed by atoms with Gasteiger partial charge in [-0.2, -0.15) is 0 Å². The Morgan fingerprint density at radius 3 is 2.80 bits per heavy atom. The summed E-state index contributed by atoms with van der Waals surface area (Å²) in [6, 6.07) is 9.91. The lowest BCUT2D eigenvalue weighted by atomic mass is 10.2. The van der Waals surface area contributed by atoms with E-state index in [4.69, 9.17) is 5.73 Å². The zero-order valence-corrected chi connectivity index (χ0v) is 11.8. The molecule has 2 rings (SSSR count). The average Bonchev–Trinajstić information content (AvgIpc) is 2.92. The Hall–Kier alpha value is -2.37. The molecule has 0 aliphatic carbocycles. The molecule has 0 aliphatic rings. The number of hydrogen-bond donors (Lipinski definition) is 2. The van der Waals surface area contributed by atoms with Crippen molar-refractivity contribution in [2.45, 2.75) is 20.4 Å². The van der Waals surface area contributed by atoms with Crippen LogP contribution < -0.4 is 11.1 Å². The zero-order valence-electron chi connectivity index (χ0n) is 11.8. The molecular weight excluding hydrogens is 252 g/mol. The second-order valence-corrected chi connectivity index (χ2v) is 4.93. The van der Waals surface area contributed by atoms with Gasteiger partial charge in [0.2, 0.25) is 0 Å². The van der Waals surface area contributed by atoms with Gasteiger partial charge in [-0.15, -0.1) is 10.2 Å². The number of hydrogen-bond acceptors (Lipinski definition) is 3. The molecule has 3 N–H and O–H groups in total. The summed E-state index contributed by atoms with van der Waals surface area (Å²) in [5, 5.41) is 11.1. The highest BCUT2D eigenvalue weighted by Gasteiger charge is 2.05. The minimum absolute atomic E-state index is 0.395. The summed E-state index contributed by atoms with van der Waals surface area (Å²) < 4.78 is 1.90. The van der Waals surface area contributed by atoms with Gasteiger partial charge in [-0.1, -0.05) is 32.0 Å². The maximum atomic E-state index is 5.81. The lowest BCUT2D eigenvalue weighted by Gasteiger charge is -2.08. The van der Waals surface area contributed by atoms with Crippen LogP contribution in [-0.4, -0.2) is 27.3 Å². The quantitative estimate of drug-likeness (QED) is 0.635. The van der Waals surface area contributed by atoms with Crippen molar-refractivity contribution in [3.05, 3.63) is 42.5 Å². The highest BCUT2D eigenvalue weighted by atomic mass is 15.3. The molecule has 20 heavy (non-hydrogen) atoms. The van der Waals surface area contributed by atoms with Crippen LogP contribution in [0.5, 0.6) is 0 Å². The van der Waals surface area contributed by atoms with E-state index in [-0.39, 0.29) is 0 Å². The Bertz CT molecular complexity index is 558. The van der Waals surface area contributed by atoms with Gasteiger partial charge < -0.3 is 11.1 Å². The fraction of sp³-hybridized carbons (Fsp3) is 0.357. The lowest BCUT2D eigenvalue weighted by Crippen LogP contribution is -2.34. The van der Waals surface area contributed by atoms with Gasteiger partial charge in [0.05, 0.1) is 0 Å². The van der Waals surface area contributed by atoms with Crippen LogP contribution in [-0.2, 0) is 6.54 Å². The van der Waals surface area contributed by atoms with Gasteiger partial charge in [0.1, 0.15) is 12.9 Å². The van der Waals surface area contributed by atoms with Crippen molar-refractivity contribution < 1.29 is 0 Å². The smallest absolute Gasteiger partial charge is 0.189 e. The number of aliphatic imine (C=N–C) groups is 1. The number of nitrogens with one attached hydrogen (secondary N) is 1. The van der Waals surface area contributed by atoms with Crippen molar-refractivity contribution in [2.24, 2.45) is 16.6 Å². The summed E-state index contributed by atoms with van der Waals surface area (Å²) in [7, 11) is 0. The van der Waals surface area contributed by atoms with Crippen LogP contribution in [0.4, 0.5) is 0 Å². The highest BCUT2D eigenvalue weighted by molar-refractivity contribution is 5.77. The first-order chi connectivity index (χ1) is 9.66. The first kappa shape index (κ1) is 14.0. The molecule has 2 aromatic rings. The third-order valence-electron chi connectivity index (χ3n) is 2.73. The van der Waals surface area contributed by atoms with E-state index in [1.165, 1.54) is 0 Å². The Labute approximate surface area is 118 Å². The standard InChI is InChI=1S/C14H20N6/c1-11(2)8-16-14(15)17-9-13-19-18-10-20(13)12-6-4-3-5-7-12/h3-7,10-11H,8-9H2,1-2H3,(H3,15,16,17). The molecule has 0 saturated carbocycles. The summed E-state index contributed by atoms with van der Waals surface area (Å²) in [6.07, 6.45) is 1.68. The predicted molar refractivity (Wildman–Crippen MR) is 79.5 cm³/mol. The number of aromatic nitrogens is 3. The fourth-order valence-electron chi connectivity index (χ4n) is 1.69. The number of nitrogens with zero attached hydrogens (tertiary/aromatic N) is 4. The molecule has 6 heteroatoms. The van der Waals surface area contributed by atoms with E-state index in [9.17, 15) is 0 Å². The molecule has 0 saturated heterocycles. The molecule has 0 aliphatic heterocycles. The predicted octanol–water partition coefficient (Wildman–Crippen LogP) is 1.33. The maximum Gasteiger partial charge on any atom is 0.189 e. The lowest BCUT2D eigenvalue weighted by molar-refractivity contribution is 0.621. The van der Waals surface area contributed by atoms with Crippen LogP contribution >= 0.6 is 0 Å². The molecule has 0 unspecified atom stereocenters. The van der Waals surface area contributed by atoms with Crippen molar-refractivity contribution in [1.82, 2.24) is 20.1 Å². The maximum absolute atomic E-state index is 5.81. The Kier molecular flexibility index (Phi) is 4.70. The van der Waals surface area contributed by atoms with E-state index in [2.05, 4.69) is 34.4 Å². The second kappa shape index (κ2) is 6.70. The van der Waals surface area contributed by atoms with Gasteiger partial charge in [-0.25, -0.2) is 4.99 Å². The molecule has 0 bridgehead atoms. The Balaban J connectivity index is 2.04. The van der Waals surface area contributed by atoms with Crippen LogP contribution in [0.3, 0.4) is 0 Å². The van der Waals surface area contributed by atoms with Crippen molar-refractivity contribution >= 4 is 5.96 Å². The Morgan fingerprint density at radius 1 is 1.35 bits per heavy atom. The normalized spacial score (nSPS) is 11.8. The SMILES string of the molecule is CC(C)CNC(N)=NCc1nncn1-c1ccccc1. The van der Waals surface area contributed by atoms with Crippen LogP contribution in [0.1, 0.15) is 19.7 Å². The molecule has 1 aromatic heterocycles. The third-order valence-corrected chi connectivity index (χ3v) is 2.73. The number of guanidine groups is 1. The van der Waals surface area contributed by atoms with E-state index in [1.807, 2.05) is 34.9 Å². The monoisotopic (exact) mass is 272 g/mol. The topological polar surface area (TPSA) is 81.1 Å². The molecule has 1 aromatic carbocycles. The first-order valence-corrected chi connectivity index (χ1v) is 6.65. The van der Waals surface area contributed by atoms with Crippen LogP contribution in [0.25, 0.3) is 5.69 Å². The van der Waals surface area contributed by atoms with Crippen LogP contribution in [0, 0.1) is 5.92 Å². The summed E-state index contributed by atoms with van der Waals surface area (Å²) in [5.41, 5.74) is 6.82. The minimum Gasteiger partial charge on any atom is -0.370 e. The molecular formula is C14H20N6. The highest BCUT2D eigenvalue weighted by Crippen LogP contribution is 2.09. The number of rotatable bonds is 5. The average molecular weight is 272 g/mol. The summed E-state index contributed by atoms with van der Waals surface area (Å²) in [6.45, 7) is 5.44. The van der Waals surface area contributed by atoms with Gasteiger partial charge in [0.15, 0.2) is 11.8 Å². The van der Waals surface area contributed by atoms with Crippen molar-refractivity contribution in [3.8, 4) is 5.69 Å². The van der Waals surface area contributed by atoms with Gasteiger partial charge in [0, 0.05) is 12.2 Å². The van der Waals surface area contributed by atoms with E-state index in [1.54, 1.807) is 6.33 Å². The van der Waals surface area contributed by atoms with Crippen LogP contribution in [0.2, 0.25) is 0 Å². The molecule has 1 heterocycles. The summed E-state index contributed by atoms with van der Waals surface area (Å²) in [4.78, 5) is 4.28. The molecule has 0 amide bonds. The molecule has 0 radical (unpaired) electrons. The van der Waals surface area contributed by atoms with E-state index < -0.39 is 0 Å². The zero-order chi connectivity index (χ0) is 14.4. The molecule has 6 nitrogen and oxygen atoms in total. The largest absolute Gasteiger partial charge is 0.370 e. The van der Waals surface area contributed by atoms with E-state index in [0.717, 1.165) is 18.1 Å². The van der Waals surface area contributed by atoms with Gasteiger partial charge in [-0.05, 0) is 18.1 Å². The summed E-state index contributed by atoms with van der Waals surface area (Å²) >= 11 is 0.